The lowest BCUT2D eigenvalue weighted by Gasteiger charge is -2.31. The molecule has 3 nitrogen and oxygen atoms in total. The van der Waals surface area contributed by atoms with Crippen molar-refractivity contribution in [3.05, 3.63) is 45.6 Å². The quantitative estimate of drug-likeness (QED) is 0.864. The molecule has 0 spiro atoms. The Kier molecular flexibility index (Phi) is 3.27. The van der Waals surface area contributed by atoms with Crippen molar-refractivity contribution < 1.29 is 9.59 Å². The van der Waals surface area contributed by atoms with Crippen LogP contribution in [-0.2, 0) is 9.59 Å². The molecule has 0 aromatic heterocycles. The third-order valence-electron chi connectivity index (χ3n) is 3.74. The molecule has 1 aromatic carbocycles. The summed E-state index contributed by atoms with van der Waals surface area (Å²) >= 11 is 3.45. The van der Waals surface area contributed by atoms with Gasteiger partial charge in [-0.15, -0.1) is 0 Å². The normalized spacial score (nSPS) is 23.1. The molecule has 1 aromatic rings. The maximum atomic E-state index is 12.2. The van der Waals surface area contributed by atoms with Crippen LogP contribution in [0.3, 0.4) is 0 Å². The number of Topliss-reactive ketones (excluding diaryl/α,β-unsaturated/α-hetero) is 1. The number of carbonyl (C=O) groups excluding carboxylic acids is 2. The van der Waals surface area contributed by atoms with E-state index in [-0.39, 0.29) is 17.6 Å². The third-order valence-corrected chi connectivity index (χ3v) is 4.23. The van der Waals surface area contributed by atoms with Crippen molar-refractivity contribution in [2.75, 3.05) is 0 Å². The van der Waals surface area contributed by atoms with Crippen LogP contribution in [0.25, 0.3) is 0 Å². The molecular formula is C15H14BrNO2. The first-order chi connectivity index (χ1) is 9.15. The van der Waals surface area contributed by atoms with E-state index < -0.39 is 0 Å². The smallest absolute Gasteiger partial charge is 0.225 e. The molecule has 1 aliphatic heterocycles. The topological polar surface area (TPSA) is 46.2 Å². The number of allylic oxidation sites excluding steroid dienone is 2. The lowest BCUT2D eigenvalue weighted by Crippen LogP contribution is -2.36. The van der Waals surface area contributed by atoms with E-state index in [4.69, 9.17) is 0 Å². The highest BCUT2D eigenvalue weighted by atomic mass is 79.9. The monoisotopic (exact) mass is 319 g/mol. The Balaban J connectivity index is 2.08. The minimum absolute atomic E-state index is 0.0124. The van der Waals surface area contributed by atoms with Crippen LogP contribution in [0, 0.1) is 0 Å². The van der Waals surface area contributed by atoms with Crippen LogP contribution < -0.4 is 5.32 Å². The molecule has 1 N–H and O–H groups in total. The molecule has 0 bridgehead atoms. The van der Waals surface area contributed by atoms with Gasteiger partial charge >= 0.3 is 0 Å². The number of carbonyl (C=O) groups is 2. The summed E-state index contributed by atoms with van der Waals surface area (Å²) in [5.41, 5.74) is 2.70. The van der Waals surface area contributed by atoms with Crippen LogP contribution in [0.5, 0.6) is 0 Å². The molecule has 1 atom stereocenters. The molecule has 1 amide bonds. The Morgan fingerprint density at radius 1 is 1.21 bits per heavy atom. The maximum absolute atomic E-state index is 12.2. The standard InChI is InChI=1S/C15H14BrNO2/c16-10-4-1-3-9(7-10)11-8-14(19)17-12-5-2-6-13(18)15(11)12/h1,3-4,7,11H,2,5-6,8H2,(H,17,19)/t11-/m1/s1. The van der Waals surface area contributed by atoms with Gasteiger partial charge in [-0.2, -0.15) is 0 Å². The summed E-state index contributed by atoms with van der Waals surface area (Å²) in [6, 6.07) is 7.88. The van der Waals surface area contributed by atoms with Gasteiger partial charge in [0.15, 0.2) is 5.78 Å². The fourth-order valence-corrected chi connectivity index (χ4v) is 3.33. The van der Waals surface area contributed by atoms with Gasteiger partial charge in [-0.1, -0.05) is 28.1 Å². The van der Waals surface area contributed by atoms with E-state index in [1.54, 1.807) is 0 Å². The first-order valence-corrected chi connectivity index (χ1v) is 7.26. The van der Waals surface area contributed by atoms with Crippen molar-refractivity contribution >= 4 is 27.6 Å². The average Bonchev–Trinajstić information content (AvgIpc) is 2.37. The van der Waals surface area contributed by atoms with Crippen LogP contribution in [-0.4, -0.2) is 11.7 Å². The minimum atomic E-state index is -0.0888. The Morgan fingerprint density at radius 3 is 2.84 bits per heavy atom. The number of benzene rings is 1. The molecule has 0 unspecified atom stereocenters. The molecule has 2 aliphatic rings. The van der Waals surface area contributed by atoms with E-state index in [9.17, 15) is 9.59 Å². The highest BCUT2D eigenvalue weighted by Gasteiger charge is 2.34. The van der Waals surface area contributed by atoms with Crippen LogP contribution >= 0.6 is 15.9 Å². The highest BCUT2D eigenvalue weighted by Crippen LogP contribution is 2.38. The largest absolute Gasteiger partial charge is 0.329 e. The van der Waals surface area contributed by atoms with E-state index >= 15 is 0 Å². The van der Waals surface area contributed by atoms with Crippen LogP contribution in [0.4, 0.5) is 0 Å². The van der Waals surface area contributed by atoms with E-state index in [1.807, 2.05) is 24.3 Å². The number of hydrogen-bond acceptors (Lipinski definition) is 2. The lowest BCUT2D eigenvalue weighted by atomic mass is 9.78. The fraction of sp³-hybridized carbons (Fsp3) is 0.333. The van der Waals surface area contributed by atoms with Crippen molar-refractivity contribution in [1.29, 1.82) is 0 Å². The predicted octanol–water partition coefficient (Wildman–Crippen LogP) is 3.06. The number of nitrogens with one attached hydrogen (secondary N) is 1. The number of hydrogen-bond donors (Lipinski definition) is 1. The van der Waals surface area contributed by atoms with Gasteiger partial charge in [0.05, 0.1) is 0 Å². The van der Waals surface area contributed by atoms with Gasteiger partial charge in [-0.25, -0.2) is 0 Å². The zero-order valence-electron chi connectivity index (χ0n) is 10.4. The molecule has 1 heterocycles. The zero-order chi connectivity index (χ0) is 13.4. The number of ketones is 1. The molecule has 19 heavy (non-hydrogen) atoms. The molecule has 3 rings (SSSR count). The molecule has 0 radical (unpaired) electrons. The van der Waals surface area contributed by atoms with E-state index in [1.165, 1.54) is 0 Å². The molecule has 0 saturated carbocycles. The summed E-state index contributed by atoms with van der Waals surface area (Å²) in [4.78, 5) is 24.0. The maximum Gasteiger partial charge on any atom is 0.225 e. The third kappa shape index (κ3) is 2.37. The van der Waals surface area contributed by atoms with Gasteiger partial charge in [-0.05, 0) is 30.5 Å². The Bertz CT molecular complexity index is 592. The molecule has 98 valence electrons. The predicted molar refractivity (Wildman–Crippen MR) is 75.5 cm³/mol. The molecular weight excluding hydrogens is 306 g/mol. The number of rotatable bonds is 1. The first-order valence-electron chi connectivity index (χ1n) is 6.46. The van der Waals surface area contributed by atoms with Crippen LogP contribution in [0.1, 0.15) is 37.2 Å². The Labute approximate surface area is 120 Å². The summed E-state index contributed by atoms with van der Waals surface area (Å²) in [6.07, 6.45) is 2.60. The second-order valence-corrected chi connectivity index (χ2v) is 5.94. The molecule has 0 fully saturated rings. The van der Waals surface area contributed by atoms with Gasteiger partial charge in [-0.3, -0.25) is 9.59 Å². The average molecular weight is 320 g/mol. The second kappa shape index (κ2) is 4.93. The van der Waals surface area contributed by atoms with Crippen LogP contribution in [0.2, 0.25) is 0 Å². The summed E-state index contributed by atoms with van der Waals surface area (Å²) in [6.45, 7) is 0. The summed E-state index contributed by atoms with van der Waals surface area (Å²) in [5, 5.41) is 2.87. The van der Waals surface area contributed by atoms with Crippen molar-refractivity contribution in [3.8, 4) is 0 Å². The van der Waals surface area contributed by atoms with Crippen molar-refractivity contribution in [2.24, 2.45) is 0 Å². The summed E-state index contributed by atoms with van der Waals surface area (Å²) in [7, 11) is 0. The van der Waals surface area contributed by atoms with Gasteiger partial charge in [0.25, 0.3) is 0 Å². The van der Waals surface area contributed by atoms with Crippen molar-refractivity contribution in [2.45, 2.75) is 31.6 Å². The first kappa shape index (κ1) is 12.6. The van der Waals surface area contributed by atoms with E-state index in [0.717, 1.165) is 34.1 Å². The van der Waals surface area contributed by atoms with Gasteiger partial charge in [0, 0.05) is 34.5 Å². The zero-order valence-corrected chi connectivity index (χ0v) is 12.0. The molecule has 0 saturated heterocycles. The van der Waals surface area contributed by atoms with Gasteiger partial charge in [0.2, 0.25) is 5.91 Å². The van der Waals surface area contributed by atoms with Gasteiger partial charge in [0.1, 0.15) is 0 Å². The summed E-state index contributed by atoms with van der Waals surface area (Å²) in [5.74, 6) is 0.110. The Morgan fingerprint density at radius 2 is 2.05 bits per heavy atom. The van der Waals surface area contributed by atoms with Crippen LogP contribution in [0.15, 0.2) is 40.0 Å². The van der Waals surface area contributed by atoms with Crippen molar-refractivity contribution in [3.63, 3.8) is 0 Å². The SMILES string of the molecule is O=C1C[C@H](c2cccc(Br)c2)C2=C(CCCC2=O)N1. The highest BCUT2D eigenvalue weighted by molar-refractivity contribution is 9.10. The minimum Gasteiger partial charge on any atom is -0.329 e. The fourth-order valence-electron chi connectivity index (χ4n) is 2.91. The Hall–Kier alpha value is -1.42. The molecule has 4 heteroatoms. The summed E-state index contributed by atoms with van der Waals surface area (Å²) < 4.78 is 0.974. The second-order valence-electron chi connectivity index (χ2n) is 5.03. The lowest BCUT2D eigenvalue weighted by molar-refractivity contribution is -0.122. The number of halogens is 1. The van der Waals surface area contributed by atoms with Crippen molar-refractivity contribution in [1.82, 2.24) is 5.32 Å². The van der Waals surface area contributed by atoms with Gasteiger partial charge < -0.3 is 5.32 Å². The van der Waals surface area contributed by atoms with E-state index in [2.05, 4.69) is 21.2 Å². The number of amides is 1. The molecule has 1 aliphatic carbocycles. The van der Waals surface area contributed by atoms with E-state index in [0.29, 0.717) is 12.8 Å².